The van der Waals surface area contributed by atoms with Crippen LogP contribution in [0.3, 0.4) is 0 Å². The molecular formula is C45H36N2O2. The number of aromatic nitrogens is 2. The number of fused-ring (bicyclic) bond motifs is 5. The molecule has 6 aromatic carbocycles. The van der Waals surface area contributed by atoms with E-state index in [1.807, 2.05) is 18.2 Å². The van der Waals surface area contributed by atoms with Crippen LogP contribution < -0.4 is 0 Å². The van der Waals surface area contributed by atoms with E-state index in [4.69, 9.17) is 13.8 Å². The first-order valence-electron chi connectivity index (χ1n) is 17.1. The lowest BCUT2D eigenvalue weighted by Gasteiger charge is -2.24. The van der Waals surface area contributed by atoms with Crippen LogP contribution in [0.1, 0.15) is 50.7 Å². The minimum Gasteiger partial charge on any atom is -0.456 e. The van der Waals surface area contributed by atoms with Gasteiger partial charge >= 0.3 is 0 Å². The summed E-state index contributed by atoms with van der Waals surface area (Å²) in [5.41, 5.74) is 12.6. The lowest BCUT2D eigenvalue weighted by atomic mass is 9.89. The summed E-state index contributed by atoms with van der Waals surface area (Å²) >= 11 is 0. The molecule has 0 bridgehead atoms. The van der Waals surface area contributed by atoms with Crippen molar-refractivity contribution in [2.45, 2.75) is 39.5 Å². The van der Waals surface area contributed by atoms with Gasteiger partial charge in [0.2, 0.25) is 0 Å². The van der Waals surface area contributed by atoms with E-state index in [0.29, 0.717) is 0 Å². The van der Waals surface area contributed by atoms with Crippen LogP contribution in [0.2, 0.25) is 0 Å². The van der Waals surface area contributed by atoms with Gasteiger partial charge in [-0.05, 0) is 88.7 Å². The fraction of sp³-hybridized carbons (Fsp3) is 0.133. The zero-order valence-electron chi connectivity index (χ0n) is 28.1. The van der Waals surface area contributed by atoms with E-state index in [9.17, 15) is 0 Å². The molecule has 0 aliphatic heterocycles. The summed E-state index contributed by atoms with van der Waals surface area (Å²) < 4.78 is 15.6. The highest BCUT2D eigenvalue weighted by Crippen LogP contribution is 2.43. The molecule has 238 valence electrons. The highest BCUT2D eigenvalue weighted by atomic mass is 16.3. The maximum Gasteiger partial charge on any atom is 0.149 e. The average molecular weight is 637 g/mol. The van der Waals surface area contributed by atoms with Crippen molar-refractivity contribution < 1.29 is 8.83 Å². The van der Waals surface area contributed by atoms with E-state index >= 15 is 0 Å². The molecule has 0 unspecified atom stereocenters. The molecule has 4 nitrogen and oxygen atoms in total. The Labute approximate surface area is 285 Å². The molecule has 49 heavy (non-hydrogen) atoms. The summed E-state index contributed by atoms with van der Waals surface area (Å²) in [7, 11) is 0. The van der Waals surface area contributed by atoms with Crippen molar-refractivity contribution >= 4 is 43.9 Å². The smallest absolute Gasteiger partial charge is 0.149 e. The normalized spacial score (nSPS) is 12.0. The number of furan rings is 2. The van der Waals surface area contributed by atoms with Crippen molar-refractivity contribution in [2.24, 2.45) is 0 Å². The Morgan fingerprint density at radius 1 is 0.551 bits per heavy atom. The van der Waals surface area contributed by atoms with Crippen LogP contribution in [0, 0.1) is 0 Å². The summed E-state index contributed by atoms with van der Waals surface area (Å²) in [6, 6.07) is 46.8. The SMILES string of the molecule is CC(C)c1cc(-c2cc3ccccc3o2)cc(C(C)C)c1-n1c(-c2cccc3c2oc2cc(-c4ccccc4)ccc23)nc2ccccc21. The predicted molar refractivity (Wildman–Crippen MR) is 203 cm³/mol. The van der Waals surface area contributed by atoms with Crippen LogP contribution in [0.15, 0.2) is 142 Å². The molecule has 3 aromatic heterocycles. The minimum atomic E-state index is 0.240. The lowest BCUT2D eigenvalue weighted by molar-refractivity contribution is 0.631. The topological polar surface area (TPSA) is 44.1 Å². The van der Waals surface area contributed by atoms with Crippen LogP contribution in [0.25, 0.3) is 83.5 Å². The number of benzene rings is 6. The van der Waals surface area contributed by atoms with Gasteiger partial charge in [-0.25, -0.2) is 4.98 Å². The fourth-order valence-electron chi connectivity index (χ4n) is 7.30. The zero-order chi connectivity index (χ0) is 33.2. The summed E-state index contributed by atoms with van der Waals surface area (Å²) in [4.78, 5) is 5.34. The molecule has 0 saturated heterocycles. The highest BCUT2D eigenvalue weighted by molar-refractivity contribution is 6.10. The Hall–Kier alpha value is -5.87. The van der Waals surface area contributed by atoms with E-state index in [1.165, 1.54) is 22.4 Å². The first-order chi connectivity index (χ1) is 23.9. The van der Waals surface area contributed by atoms with Crippen molar-refractivity contribution in [3.63, 3.8) is 0 Å². The van der Waals surface area contributed by atoms with Gasteiger partial charge < -0.3 is 8.83 Å². The first kappa shape index (κ1) is 29.3. The molecule has 0 atom stereocenters. The van der Waals surface area contributed by atoms with Crippen molar-refractivity contribution in [1.82, 2.24) is 9.55 Å². The molecule has 0 amide bonds. The van der Waals surface area contributed by atoms with Crippen molar-refractivity contribution in [1.29, 1.82) is 0 Å². The van der Waals surface area contributed by atoms with Gasteiger partial charge in [-0.1, -0.05) is 107 Å². The molecular weight excluding hydrogens is 601 g/mol. The zero-order valence-corrected chi connectivity index (χ0v) is 28.1. The van der Waals surface area contributed by atoms with E-state index in [1.54, 1.807) is 0 Å². The number of imidazole rings is 1. The molecule has 9 aromatic rings. The number of hydrogen-bond acceptors (Lipinski definition) is 3. The molecule has 0 spiro atoms. The second kappa shape index (κ2) is 11.4. The van der Waals surface area contributed by atoms with E-state index in [2.05, 4.69) is 148 Å². The summed E-state index contributed by atoms with van der Waals surface area (Å²) in [5, 5.41) is 3.29. The Morgan fingerprint density at radius 3 is 2.06 bits per heavy atom. The number of hydrogen-bond donors (Lipinski definition) is 0. The van der Waals surface area contributed by atoms with E-state index in [-0.39, 0.29) is 11.8 Å². The standard InChI is InChI=1S/C45H36N2O2/c1-27(2)36-23-32(41-26-31-15-8-11-20-40(31)48-41)24-37(28(3)4)43(36)47-39-19-10-9-18-38(39)46-45(47)35-17-12-16-34-33-22-21-30(25-42(33)49-44(34)35)29-13-6-5-7-14-29/h5-28H,1-4H3. The Kier molecular flexibility index (Phi) is 6.80. The van der Waals surface area contributed by atoms with Crippen LogP contribution >= 0.6 is 0 Å². The molecule has 0 aliphatic carbocycles. The summed E-state index contributed by atoms with van der Waals surface area (Å²) in [6.07, 6.45) is 0. The minimum absolute atomic E-state index is 0.240. The van der Waals surface area contributed by atoms with Crippen LogP contribution in [-0.4, -0.2) is 9.55 Å². The van der Waals surface area contributed by atoms with Gasteiger partial charge in [0.25, 0.3) is 0 Å². The molecule has 0 N–H and O–H groups in total. The number of nitrogens with zero attached hydrogens (tertiary/aromatic N) is 2. The van der Waals surface area contributed by atoms with Crippen LogP contribution in [0.4, 0.5) is 0 Å². The molecule has 4 heteroatoms. The second-order valence-electron chi connectivity index (χ2n) is 13.6. The highest BCUT2D eigenvalue weighted by Gasteiger charge is 2.26. The van der Waals surface area contributed by atoms with Crippen LogP contribution in [-0.2, 0) is 0 Å². The van der Waals surface area contributed by atoms with Gasteiger partial charge in [0, 0.05) is 21.7 Å². The lowest BCUT2D eigenvalue weighted by Crippen LogP contribution is -2.09. The predicted octanol–water partition coefficient (Wildman–Crippen LogP) is 12.9. The van der Waals surface area contributed by atoms with Gasteiger partial charge in [0.15, 0.2) is 0 Å². The molecule has 3 heterocycles. The Bertz CT molecular complexity index is 2610. The van der Waals surface area contributed by atoms with Crippen molar-refractivity contribution in [2.75, 3.05) is 0 Å². The molecule has 0 fully saturated rings. The largest absolute Gasteiger partial charge is 0.456 e. The Morgan fingerprint density at radius 2 is 1.29 bits per heavy atom. The number of para-hydroxylation sites is 4. The van der Waals surface area contributed by atoms with Gasteiger partial charge in [-0.2, -0.15) is 0 Å². The third-order valence-electron chi connectivity index (χ3n) is 9.75. The summed E-state index contributed by atoms with van der Waals surface area (Å²) in [5.74, 6) is 2.23. The first-order valence-corrected chi connectivity index (χ1v) is 17.1. The van der Waals surface area contributed by atoms with Crippen molar-refractivity contribution in [3.8, 4) is 39.5 Å². The third kappa shape index (κ3) is 4.78. The third-order valence-corrected chi connectivity index (χ3v) is 9.75. The second-order valence-corrected chi connectivity index (χ2v) is 13.6. The van der Waals surface area contributed by atoms with Gasteiger partial charge in [-0.15, -0.1) is 0 Å². The molecule has 0 aliphatic rings. The molecule has 9 rings (SSSR count). The summed E-state index contributed by atoms with van der Waals surface area (Å²) in [6.45, 7) is 9.09. The van der Waals surface area contributed by atoms with Gasteiger partial charge in [0.1, 0.15) is 28.3 Å². The fourth-order valence-corrected chi connectivity index (χ4v) is 7.30. The average Bonchev–Trinajstić information content (AvgIpc) is 3.84. The van der Waals surface area contributed by atoms with Crippen molar-refractivity contribution in [3.05, 3.63) is 145 Å². The quantitative estimate of drug-likeness (QED) is 0.182. The maximum absolute atomic E-state index is 6.78. The number of rotatable bonds is 6. The Balaban J connectivity index is 1.31. The van der Waals surface area contributed by atoms with Crippen LogP contribution in [0.5, 0.6) is 0 Å². The molecule has 0 saturated carbocycles. The van der Waals surface area contributed by atoms with Gasteiger partial charge in [-0.3, -0.25) is 4.57 Å². The monoisotopic (exact) mass is 636 g/mol. The van der Waals surface area contributed by atoms with E-state index < -0.39 is 0 Å². The van der Waals surface area contributed by atoms with Gasteiger partial charge in [0.05, 0.1) is 22.3 Å². The van der Waals surface area contributed by atoms with E-state index in [0.717, 1.165) is 72.2 Å². The maximum atomic E-state index is 6.78. The molecule has 0 radical (unpaired) electrons.